The third-order valence-corrected chi connectivity index (χ3v) is 8.10. The number of ether oxygens (including phenoxy) is 1. The molecule has 0 saturated carbocycles. The summed E-state index contributed by atoms with van der Waals surface area (Å²) >= 11 is 0. The largest absolute Gasteiger partial charge is 0.444 e. The molecular weight excluding hydrogens is 512 g/mol. The van der Waals surface area contributed by atoms with E-state index in [1.165, 1.54) is 3.97 Å². The Balaban J connectivity index is 1.69. The predicted octanol–water partition coefficient (Wildman–Crippen LogP) is 6.65. The molecule has 0 fully saturated rings. The van der Waals surface area contributed by atoms with Crippen LogP contribution in [0.2, 0.25) is 0 Å². The first-order valence-electron chi connectivity index (χ1n) is 12.9. The fraction of sp³-hybridized carbons (Fsp3) is 0.367. The summed E-state index contributed by atoms with van der Waals surface area (Å²) in [5.41, 5.74) is 6.55. The molecule has 2 aromatic carbocycles. The molecule has 4 aromatic rings. The quantitative estimate of drug-likeness (QED) is 0.289. The van der Waals surface area contributed by atoms with Gasteiger partial charge in [-0.15, -0.1) is 0 Å². The number of amides is 1. The number of aromatic nitrogens is 3. The highest BCUT2D eigenvalue weighted by Gasteiger charge is 2.24. The summed E-state index contributed by atoms with van der Waals surface area (Å²) in [4.78, 5) is 21.9. The van der Waals surface area contributed by atoms with Gasteiger partial charge in [-0.1, -0.05) is 31.5 Å². The molecule has 0 radical (unpaired) electrons. The second-order valence-electron chi connectivity index (χ2n) is 11.3. The van der Waals surface area contributed by atoms with E-state index in [2.05, 4.69) is 10.3 Å². The van der Waals surface area contributed by atoms with Crippen LogP contribution in [0.1, 0.15) is 74.0 Å². The monoisotopic (exact) mass is 548 g/mol. The molecule has 4 rings (SSSR count). The number of hydrogen-bond acceptors (Lipinski definition) is 6. The lowest BCUT2D eigenvalue weighted by molar-refractivity contribution is 0.0636. The molecule has 0 saturated heterocycles. The van der Waals surface area contributed by atoms with Crippen molar-refractivity contribution in [2.24, 2.45) is 0 Å². The van der Waals surface area contributed by atoms with Crippen molar-refractivity contribution in [2.45, 2.75) is 78.2 Å². The van der Waals surface area contributed by atoms with Crippen molar-refractivity contribution in [3.8, 4) is 0 Å². The van der Waals surface area contributed by atoms with E-state index in [1.54, 1.807) is 36.7 Å². The number of carbonyl (C=O) groups excluding carboxylic acids is 1. The molecule has 0 aliphatic carbocycles. The summed E-state index contributed by atoms with van der Waals surface area (Å²) in [6.45, 7) is 15.4. The van der Waals surface area contributed by atoms with E-state index < -0.39 is 21.7 Å². The summed E-state index contributed by atoms with van der Waals surface area (Å²) in [7, 11) is -3.84. The highest BCUT2D eigenvalue weighted by Crippen LogP contribution is 2.30. The van der Waals surface area contributed by atoms with Crippen LogP contribution in [0.25, 0.3) is 11.2 Å². The summed E-state index contributed by atoms with van der Waals surface area (Å²) < 4.78 is 33.6. The summed E-state index contributed by atoms with van der Waals surface area (Å²) in [6, 6.07) is 10.6. The molecule has 9 heteroatoms. The van der Waals surface area contributed by atoms with E-state index in [1.807, 2.05) is 67.5 Å². The molecule has 0 atom stereocenters. The lowest BCUT2D eigenvalue weighted by atomic mass is 9.97. The predicted molar refractivity (Wildman–Crippen MR) is 154 cm³/mol. The van der Waals surface area contributed by atoms with Crippen molar-refractivity contribution in [3.05, 3.63) is 82.3 Å². The van der Waals surface area contributed by atoms with Gasteiger partial charge >= 0.3 is 6.09 Å². The third kappa shape index (κ3) is 6.14. The summed E-state index contributed by atoms with van der Waals surface area (Å²) in [6.07, 6.45) is 3.29. The summed E-state index contributed by atoms with van der Waals surface area (Å²) in [5.74, 6) is 0.0493. The van der Waals surface area contributed by atoms with Crippen molar-refractivity contribution < 1.29 is 17.9 Å². The zero-order chi connectivity index (χ0) is 28.7. The maximum Gasteiger partial charge on any atom is 0.412 e. The van der Waals surface area contributed by atoms with E-state index in [-0.39, 0.29) is 10.8 Å². The first-order valence-corrected chi connectivity index (χ1v) is 14.4. The first-order chi connectivity index (χ1) is 18.2. The van der Waals surface area contributed by atoms with Gasteiger partial charge in [0.1, 0.15) is 11.1 Å². The van der Waals surface area contributed by atoms with Crippen molar-refractivity contribution in [1.82, 2.24) is 13.9 Å². The zero-order valence-corrected chi connectivity index (χ0v) is 24.6. The van der Waals surface area contributed by atoms with Crippen molar-refractivity contribution in [2.75, 3.05) is 5.32 Å². The zero-order valence-electron chi connectivity index (χ0n) is 23.8. The molecule has 0 aliphatic rings. The molecule has 0 bridgehead atoms. The number of carbonyl (C=O) groups is 1. The van der Waals surface area contributed by atoms with Gasteiger partial charge in [0.15, 0.2) is 5.65 Å². The highest BCUT2D eigenvalue weighted by molar-refractivity contribution is 7.90. The van der Waals surface area contributed by atoms with Gasteiger partial charge in [-0.05, 0) is 88.4 Å². The van der Waals surface area contributed by atoms with Crippen LogP contribution < -0.4 is 5.32 Å². The van der Waals surface area contributed by atoms with Gasteiger partial charge in [0.05, 0.1) is 16.8 Å². The van der Waals surface area contributed by atoms with Crippen molar-refractivity contribution in [1.29, 1.82) is 0 Å². The van der Waals surface area contributed by atoms with Crippen LogP contribution in [0.4, 0.5) is 10.5 Å². The molecule has 1 N–H and O–H groups in total. The fourth-order valence-corrected chi connectivity index (χ4v) is 5.81. The van der Waals surface area contributed by atoms with E-state index in [0.717, 1.165) is 33.5 Å². The van der Waals surface area contributed by atoms with Gasteiger partial charge in [-0.3, -0.25) is 5.32 Å². The smallest absolute Gasteiger partial charge is 0.412 e. The second-order valence-corrected chi connectivity index (χ2v) is 13.1. The molecule has 8 nitrogen and oxygen atoms in total. The molecule has 0 spiro atoms. The van der Waals surface area contributed by atoms with Crippen LogP contribution in [0.15, 0.2) is 53.7 Å². The van der Waals surface area contributed by atoms with E-state index in [9.17, 15) is 13.2 Å². The summed E-state index contributed by atoms with van der Waals surface area (Å²) in [5, 5.41) is 2.80. The molecular formula is C30H36N4O4S. The Labute approximate surface area is 230 Å². The minimum Gasteiger partial charge on any atom is -0.444 e. The van der Waals surface area contributed by atoms with Crippen LogP contribution in [0.5, 0.6) is 0 Å². The Hall–Kier alpha value is -3.72. The second kappa shape index (κ2) is 10.4. The Morgan fingerprint density at radius 2 is 1.67 bits per heavy atom. The standard InChI is InChI=1S/C30H36N4O4S/c1-18(2)26-17-34(39(36,37)24-11-9-19(3)10-12-24)28-27(26)32-23(16-31-28)15-25-20(4)13-22(14-21(25)5)33-29(35)38-30(6,7)8/h9-14,16-18H,15H2,1-8H3,(H,33,35). The van der Waals surface area contributed by atoms with Crippen LogP contribution in [-0.2, 0) is 21.2 Å². The van der Waals surface area contributed by atoms with E-state index in [4.69, 9.17) is 9.72 Å². The maximum atomic E-state index is 13.5. The van der Waals surface area contributed by atoms with Gasteiger partial charge < -0.3 is 4.74 Å². The number of nitrogens with one attached hydrogen (secondary N) is 1. The Morgan fingerprint density at radius 3 is 2.23 bits per heavy atom. The van der Waals surface area contributed by atoms with Crippen LogP contribution in [0.3, 0.4) is 0 Å². The topological polar surface area (TPSA) is 103 Å². The Bertz CT molecular complexity index is 1620. The molecule has 2 heterocycles. The maximum absolute atomic E-state index is 13.5. The number of nitrogens with zero attached hydrogens (tertiary/aromatic N) is 3. The van der Waals surface area contributed by atoms with Crippen LogP contribution >= 0.6 is 0 Å². The third-order valence-electron chi connectivity index (χ3n) is 6.44. The number of anilines is 1. The van der Waals surface area contributed by atoms with Crippen molar-refractivity contribution in [3.63, 3.8) is 0 Å². The van der Waals surface area contributed by atoms with Crippen LogP contribution in [-0.4, -0.2) is 34.1 Å². The normalized spacial score (nSPS) is 12.2. The molecule has 0 unspecified atom stereocenters. The number of aryl methyl sites for hydroxylation is 3. The lowest BCUT2D eigenvalue weighted by Crippen LogP contribution is -2.27. The van der Waals surface area contributed by atoms with Gasteiger partial charge in [0, 0.05) is 23.9 Å². The van der Waals surface area contributed by atoms with Gasteiger partial charge in [0.2, 0.25) is 0 Å². The number of benzene rings is 2. The molecule has 39 heavy (non-hydrogen) atoms. The number of rotatable bonds is 6. The van der Waals surface area contributed by atoms with Gasteiger partial charge in [-0.25, -0.2) is 27.2 Å². The minimum atomic E-state index is -3.84. The van der Waals surface area contributed by atoms with Gasteiger partial charge in [0.25, 0.3) is 10.0 Å². The van der Waals surface area contributed by atoms with Gasteiger partial charge in [-0.2, -0.15) is 0 Å². The molecule has 1 amide bonds. The van der Waals surface area contributed by atoms with E-state index in [0.29, 0.717) is 23.3 Å². The average Bonchev–Trinajstić information content (AvgIpc) is 3.20. The molecule has 2 aromatic heterocycles. The SMILES string of the molecule is Cc1ccc(S(=O)(=O)n2cc(C(C)C)c3nc(Cc4c(C)cc(NC(=O)OC(C)(C)C)cc4C)cnc32)cc1. The van der Waals surface area contributed by atoms with Crippen molar-refractivity contribution >= 4 is 33.0 Å². The number of fused-ring (bicyclic) bond motifs is 1. The number of hydrogen-bond donors (Lipinski definition) is 1. The molecule has 206 valence electrons. The highest BCUT2D eigenvalue weighted by atomic mass is 32.2. The van der Waals surface area contributed by atoms with E-state index >= 15 is 0 Å². The van der Waals surface area contributed by atoms with Crippen LogP contribution in [0, 0.1) is 20.8 Å². The Morgan fingerprint density at radius 1 is 1.05 bits per heavy atom. The average molecular weight is 549 g/mol. The first kappa shape index (κ1) is 28.3. The lowest BCUT2D eigenvalue weighted by Gasteiger charge is -2.20. The Kier molecular flexibility index (Phi) is 7.58. The molecule has 0 aliphatic heterocycles. The fourth-order valence-electron chi connectivity index (χ4n) is 4.48. The minimum absolute atomic E-state index is 0.0493.